The summed E-state index contributed by atoms with van der Waals surface area (Å²) in [4.78, 5) is 28.4. The van der Waals surface area contributed by atoms with Crippen LogP contribution < -0.4 is 0 Å². The smallest absolute Gasteiger partial charge is 0.306 e. The number of likely N-dealkylation sites (tertiary alicyclic amines) is 1. The molecule has 1 fully saturated rings. The van der Waals surface area contributed by atoms with Crippen molar-refractivity contribution in [2.24, 2.45) is 5.92 Å². The number of hydrogen-bond donors (Lipinski definition) is 1. The normalized spacial score (nSPS) is 16.4. The molecule has 1 saturated heterocycles. The molecular formula is C12H12Cl2N2O3. The van der Waals surface area contributed by atoms with E-state index in [0.29, 0.717) is 31.5 Å². The van der Waals surface area contributed by atoms with E-state index >= 15 is 0 Å². The van der Waals surface area contributed by atoms with Crippen molar-refractivity contribution in [1.29, 1.82) is 0 Å². The summed E-state index contributed by atoms with van der Waals surface area (Å²) in [6.45, 7) is 0.848. The van der Waals surface area contributed by atoms with Gasteiger partial charge in [0.15, 0.2) is 0 Å². The lowest BCUT2D eigenvalue weighted by Gasteiger charge is -2.30. The molecule has 1 aliphatic heterocycles. The van der Waals surface area contributed by atoms with Crippen molar-refractivity contribution in [2.45, 2.75) is 12.8 Å². The molecule has 0 bridgehead atoms. The van der Waals surface area contributed by atoms with E-state index in [1.807, 2.05) is 0 Å². The summed E-state index contributed by atoms with van der Waals surface area (Å²) in [7, 11) is 0. The maximum Gasteiger partial charge on any atom is 0.306 e. The van der Waals surface area contributed by atoms with Gasteiger partial charge in [0.2, 0.25) is 0 Å². The van der Waals surface area contributed by atoms with Crippen LogP contribution in [0.25, 0.3) is 0 Å². The molecular weight excluding hydrogens is 291 g/mol. The van der Waals surface area contributed by atoms with Crippen LogP contribution in [-0.4, -0.2) is 40.0 Å². The van der Waals surface area contributed by atoms with Gasteiger partial charge in [-0.25, -0.2) is 4.98 Å². The number of rotatable bonds is 2. The molecule has 7 heteroatoms. The summed E-state index contributed by atoms with van der Waals surface area (Å²) in [5, 5.41) is 9.23. The van der Waals surface area contributed by atoms with E-state index in [4.69, 9.17) is 28.3 Å². The third-order valence-corrected chi connectivity index (χ3v) is 3.53. The first-order valence-corrected chi connectivity index (χ1v) is 6.58. The molecule has 5 nitrogen and oxygen atoms in total. The van der Waals surface area contributed by atoms with Gasteiger partial charge in [-0.3, -0.25) is 9.59 Å². The third kappa shape index (κ3) is 3.36. The molecule has 1 amide bonds. The predicted octanol–water partition coefficient (Wildman–Crippen LogP) is 2.33. The molecule has 0 radical (unpaired) electrons. The van der Waals surface area contributed by atoms with Crippen molar-refractivity contribution in [2.75, 3.05) is 13.1 Å². The Hall–Kier alpha value is -1.33. The molecule has 2 heterocycles. The summed E-state index contributed by atoms with van der Waals surface area (Å²) in [5.41, 5.74) is 0.374. The Morgan fingerprint density at radius 3 is 2.21 bits per heavy atom. The van der Waals surface area contributed by atoms with Gasteiger partial charge < -0.3 is 10.0 Å². The Kier molecular flexibility index (Phi) is 4.27. The van der Waals surface area contributed by atoms with Gasteiger partial charge in [0.05, 0.1) is 5.92 Å². The van der Waals surface area contributed by atoms with Crippen LogP contribution in [0.15, 0.2) is 12.1 Å². The number of nitrogens with zero attached hydrogens (tertiary/aromatic N) is 2. The third-order valence-electron chi connectivity index (χ3n) is 3.14. The van der Waals surface area contributed by atoms with Crippen LogP contribution >= 0.6 is 23.2 Å². The number of halogens is 2. The van der Waals surface area contributed by atoms with E-state index in [1.165, 1.54) is 12.1 Å². The number of piperidine rings is 1. The maximum atomic E-state index is 12.2. The zero-order valence-corrected chi connectivity index (χ0v) is 11.5. The number of aromatic nitrogens is 1. The molecule has 19 heavy (non-hydrogen) atoms. The molecule has 0 unspecified atom stereocenters. The lowest BCUT2D eigenvalue weighted by atomic mass is 9.97. The van der Waals surface area contributed by atoms with Gasteiger partial charge >= 0.3 is 5.97 Å². The number of carboxylic acid groups (broad SMARTS) is 1. The van der Waals surface area contributed by atoms with Crippen molar-refractivity contribution >= 4 is 35.1 Å². The maximum absolute atomic E-state index is 12.2. The van der Waals surface area contributed by atoms with Gasteiger partial charge in [0.25, 0.3) is 5.91 Å². The highest BCUT2D eigenvalue weighted by Gasteiger charge is 2.27. The van der Waals surface area contributed by atoms with Crippen LogP contribution in [0, 0.1) is 5.92 Å². The topological polar surface area (TPSA) is 70.5 Å². The highest BCUT2D eigenvalue weighted by atomic mass is 35.5. The first-order valence-electron chi connectivity index (χ1n) is 5.82. The van der Waals surface area contributed by atoms with Gasteiger partial charge in [0.1, 0.15) is 10.3 Å². The van der Waals surface area contributed by atoms with Crippen LogP contribution in [0.3, 0.4) is 0 Å². The molecule has 1 aromatic rings. The van der Waals surface area contributed by atoms with Gasteiger partial charge in [-0.15, -0.1) is 0 Å². The van der Waals surface area contributed by atoms with Crippen LogP contribution in [-0.2, 0) is 4.79 Å². The highest BCUT2D eigenvalue weighted by molar-refractivity contribution is 6.33. The van der Waals surface area contributed by atoms with E-state index in [0.717, 1.165) is 0 Å². The second-order valence-corrected chi connectivity index (χ2v) is 5.18. The van der Waals surface area contributed by atoms with Crippen molar-refractivity contribution in [3.63, 3.8) is 0 Å². The first-order chi connectivity index (χ1) is 8.97. The number of pyridine rings is 1. The number of carboxylic acids is 1. The minimum atomic E-state index is -0.804. The second kappa shape index (κ2) is 5.75. The number of amides is 1. The average Bonchev–Trinajstić information content (AvgIpc) is 2.37. The van der Waals surface area contributed by atoms with Crippen molar-refractivity contribution < 1.29 is 14.7 Å². The molecule has 0 saturated carbocycles. The number of carbonyl (C=O) groups is 2. The van der Waals surface area contributed by atoms with Gasteiger partial charge in [-0.1, -0.05) is 23.2 Å². The molecule has 0 aliphatic carbocycles. The lowest BCUT2D eigenvalue weighted by molar-refractivity contribution is -0.143. The van der Waals surface area contributed by atoms with Crippen LogP contribution in [0.4, 0.5) is 0 Å². The van der Waals surface area contributed by atoms with Crippen LogP contribution in [0.2, 0.25) is 10.3 Å². The molecule has 0 spiro atoms. The summed E-state index contributed by atoms with van der Waals surface area (Å²) < 4.78 is 0. The Morgan fingerprint density at radius 1 is 1.21 bits per heavy atom. The summed E-state index contributed by atoms with van der Waals surface area (Å²) in [6.07, 6.45) is 0.932. The summed E-state index contributed by atoms with van der Waals surface area (Å²) in [5.74, 6) is -1.37. The van der Waals surface area contributed by atoms with E-state index in [9.17, 15) is 9.59 Å². The fourth-order valence-electron chi connectivity index (χ4n) is 2.10. The Morgan fingerprint density at radius 2 is 1.74 bits per heavy atom. The quantitative estimate of drug-likeness (QED) is 0.851. The minimum Gasteiger partial charge on any atom is -0.481 e. The average molecular weight is 303 g/mol. The minimum absolute atomic E-state index is 0.163. The predicted molar refractivity (Wildman–Crippen MR) is 70.5 cm³/mol. The summed E-state index contributed by atoms with van der Waals surface area (Å²) >= 11 is 11.5. The molecule has 1 N–H and O–H groups in total. The number of hydrogen-bond acceptors (Lipinski definition) is 3. The lowest BCUT2D eigenvalue weighted by Crippen LogP contribution is -2.40. The molecule has 0 atom stereocenters. The Balaban J connectivity index is 2.07. The standard InChI is InChI=1S/C12H12Cl2N2O3/c13-9-5-8(6-10(14)15-9)11(17)16-3-1-7(2-4-16)12(18)19/h5-7H,1-4H2,(H,18,19). The van der Waals surface area contributed by atoms with E-state index in [1.54, 1.807) is 4.90 Å². The summed E-state index contributed by atoms with van der Waals surface area (Å²) in [6, 6.07) is 2.91. The van der Waals surface area contributed by atoms with Crippen molar-refractivity contribution in [3.8, 4) is 0 Å². The highest BCUT2D eigenvalue weighted by Crippen LogP contribution is 2.21. The zero-order chi connectivity index (χ0) is 14.0. The molecule has 102 valence electrons. The SMILES string of the molecule is O=C(O)C1CCN(C(=O)c2cc(Cl)nc(Cl)c2)CC1. The Bertz CT molecular complexity index is 493. The zero-order valence-electron chi connectivity index (χ0n) is 9.97. The first kappa shape index (κ1) is 14.1. The van der Waals surface area contributed by atoms with E-state index < -0.39 is 5.97 Å². The monoisotopic (exact) mass is 302 g/mol. The largest absolute Gasteiger partial charge is 0.481 e. The fourth-order valence-corrected chi connectivity index (χ4v) is 2.56. The van der Waals surface area contributed by atoms with Crippen molar-refractivity contribution in [1.82, 2.24) is 9.88 Å². The van der Waals surface area contributed by atoms with Crippen LogP contribution in [0.5, 0.6) is 0 Å². The number of aliphatic carboxylic acids is 1. The molecule has 1 aliphatic rings. The molecule has 2 rings (SSSR count). The Labute approximate surface area is 120 Å². The van der Waals surface area contributed by atoms with Gasteiger partial charge in [-0.2, -0.15) is 0 Å². The van der Waals surface area contributed by atoms with Crippen molar-refractivity contribution in [3.05, 3.63) is 28.0 Å². The number of carbonyl (C=O) groups excluding carboxylic acids is 1. The van der Waals surface area contributed by atoms with E-state index in [2.05, 4.69) is 4.98 Å². The molecule has 1 aromatic heterocycles. The van der Waals surface area contributed by atoms with Gasteiger partial charge in [-0.05, 0) is 25.0 Å². The second-order valence-electron chi connectivity index (χ2n) is 4.41. The van der Waals surface area contributed by atoms with Gasteiger partial charge in [0, 0.05) is 18.7 Å². The molecule has 0 aromatic carbocycles. The van der Waals surface area contributed by atoms with Crippen LogP contribution in [0.1, 0.15) is 23.2 Å². The fraction of sp³-hybridized carbons (Fsp3) is 0.417. The van der Waals surface area contributed by atoms with E-state index in [-0.39, 0.29) is 22.1 Å².